The number of benzene rings is 1. The topological polar surface area (TPSA) is 67.5 Å². The highest BCUT2D eigenvalue weighted by molar-refractivity contribution is 5.72. The molecule has 1 aromatic heterocycles. The summed E-state index contributed by atoms with van der Waals surface area (Å²) >= 11 is 0. The molecule has 0 unspecified atom stereocenters. The summed E-state index contributed by atoms with van der Waals surface area (Å²) < 4.78 is 24.6. The van der Waals surface area contributed by atoms with Gasteiger partial charge in [-0.1, -0.05) is 0 Å². The summed E-state index contributed by atoms with van der Waals surface area (Å²) in [5.41, 5.74) is 2.01. The predicted octanol–water partition coefficient (Wildman–Crippen LogP) is 3.00. The second-order valence-electron chi connectivity index (χ2n) is 6.44. The summed E-state index contributed by atoms with van der Waals surface area (Å²) in [5, 5.41) is 6.99. The van der Waals surface area contributed by atoms with E-state index in [4.69, 9.17) is 9.47 Å². The Morgan fingerprint density at radius 1 is 1.46 bits per heavy atom. The minimum Gasteiger partial charge on any atom is -0.497 e. The Morgan fingerprint density at radius 2 is 2.31 bits per heavy atom. The van der Waals surface area contributed by atoms with Gasteiger partial charge >= 0.3 is 5.97 Å². The number of H-pyrrole nitrogens is 1. The van der Waals surface area contributed by atoms with Crippen LogP contribution < -0.4 is 4.74 Å². The van der Waals surface area contributed by atoms with Crippen molar-refractivity contribution in [1.29, 1.82) is 0 Å². The third-order valence-corrected chi connectivity index (χ3v) is 4.68. The van der Waals surface area contributed by atoms with Gasteiger partial charge in [-0.25, -0.2) is 4.39 Å². The van der Waals surface area contributed by atoms with E-state index in [1.54, 1.807) is 18.3 Å². The van der Waals surface area contributed by atoms with Gasteiger partial charge < -0.3 is 9.47 Å². The van der Waals surface area contributed by atoms with Crippen LogP contribution in [0.3, 0.4) is 0 Å². The van der Waals surface area contributed by atoms with Gasteiger partial charge in [0.15, 0.2) is 0 Å². The molecule has 1 atom stereocenters. The van der Waals surface area contributed by atoms with Crippen molar-refractivity contribution in [2.24, 2.45) is 5.92 Å². The van der Waals surface area contributed by atoms with Crippen LogP contribution in [0.1, 0.15) is 25.3 Å². The number of methoxy groups -OCH3 is 1. The number of hydrogen-bond donors (Lipinski definition) is 1. The van der Waals surface area contributed by atoms with Gasteiger partial charge in [0.25, 0.3) is 0 Å². The van der Waals surface area contributed by atoms with Crippen LogP contribution in [0.2, 0.25) is 0 Å². The molecular formula is C19H24FN3O3. The van der Waals surface area contributed by atoms with Crippen LogP contribution in [-0.4, -0.2) is 47.9 Å². The lowest BCUT2D eigenvalue weighted by atomic mass is 9.97. The van der Waals surface area contributed by atoms with E-state index in [-0.39, 0.29) is 17.7 Å². The van der Waals surface area contributed by atoms with Crippen LogP contribution >= 0.6 is 0 Å². The summed E-state index contributed by atoms with van der Waals surface area (Å²) in [6, 6.07) is 4.77. The van der Waals surface area contributed by atoms with Crippen molar-refractivity contribution in [3.05, 3.63) is 35.8 Å². The largest absolute Gasteiger partial charge is 0.497 e. The molecule has 3 rings (SSSR count). The molecule has 7 heteroatoms. The first-order valence-electron chi connectivity index (χ1n) is 8.87. The average molecular weight is 361 g/mol. The molecule has 1 N–H and O–H groups in total. The first-order chi connectivity index (χ1) is 12.6. The van der Waals surface area contributed by atoms with Crippen LogP contribution in [-0.2, 0) is 16.1 Å². The van der Waals surface area contributed by atoms with Crippen LogP contribution in [0.15, 0.2) is 24.4 Å². The van der Waals surface area contributed by atoms with Crippen molar-refractivity contribution < 1.29 is 18.7 Å². The molecule has 140 valence electrons. The molecule has 1 saturated heterocycles. The molecule has 0 amide bonds. The highest BCUT2D eigenvalue weighted by atomic mass is 19.1. The van der Waals surface area contributed by atoms with Crippen molar-refractivity contribution in [2.75, 3.05) is 26.8 Å². The Bertz CT molecular complexity index is 762. The predicted molar refractivity (Wildman–Crippen MR) is 95.2 cm³/mol. The number of aromatic amines is 1. The third-order valence-electron chi connectivity index (χ3n) is 4.68. The third kappa shape index (κ3) is 4.04. The molecule has 6 nitrogen and oxygen atoms in total. The fourth-order valence-corrected chi connectivity index (χ4v) is 3.38. The van der Waals surface area contributed by atoms with E-state index < -0.39 is 0 Å². The number of ether oxygens (including phenoxy) is 2. The molecule has 2 heterocycles. The number of esters is 1. The Kier molecular flexibility index (Phi) is 5.88. The van der Waals surface area contributed by atoms with Crippen molar-refractivity contribution in [2.45, 2.75) is 26.3 Å². The van der Waals surface area contributed by atoms with Gasteiger partial charge in [-0.15, -0.1) is 0 Å². The Morgan fingerprint density at radius 3 is 3.04 bits per heavy atom. The van der Waals surface area contributed by atoms with E-state index in [1.807, 2.05) is 6.92 Å². The van der Waals surface area contributed by atoms with E-state index in [0.29, 0.717) is 36.7 Å². The molecule has 1 aromatic carbocycles. The van der Waals surface area contributed by atoms with E-state index in [1.165, 1.54) is 13.2 Å². The van der Waals surface area contributed by atoms with Gasteiger partial charge in [0, 0.05) is 30.3 Å². The number of piperidine rings is 1. The Balaban J connectivity index is 1.74. The lowest BCUT2D eigenvalue weighted by Crippen LogP contribution is -2.38. The minimum atomic E-state index is -0.363. The van der Waals surface area contributed by atoms with E-state index >= 15 is 0 Å². The number of likely N-dealkylation sites (tertiary alicyclic amines) is 1. The molecule has 0 radical (unpaired) electrons. The van der Waals surface area contributed by atoms with Gasteiger partial charge in [-0.3, -0.25) is 14.8 Å². The normalized spacial score (nSPS) is 17.9. The summed E-state index contributed by atoms with van der Waals surface area (Å²) in [6.07, 6.45) is 3.50. The lowest BCUT2D eigenvalue weighted by Gasteiger charge is -2.31. The minimum absolute atomic E-state index is 0.100. The number of rotatable bonds is 6. The van der Waals surface area contributed by atoms with Crippen LogP contribution in [0, 0.1) is 11.7 Å². The maximum Gasteiger partial charge on any atom is 0.310 e. The van der Waals surface area contributed by atoms with Crippen molar-refractivity contribution in [3.63, 3.8) is 0 Å². The number of carbonyl (C=O) groups excluding carboxylic acids is 1. The molecule has 1 fully saturated rings. The molecule has 1 aliphatic heterocycles. The molecule has 0 saturated carbocycles. The molecular weight excluding hydrogens is 337 g/mol. The van der Waals surface area contributed by atoms with Crippen LogP contribution in [0.5, 0.6) is 5.75 Å². The quantitative estimate of drug-likeness (QED) is 0.801. The summed E-state index contributed by atoms with van der Waals surface area (Å²) in [4.78, 5) is 14.2. The second kappa shape index (κ2) is 8.31. The highest BCUT2D eigenvalue weighted by Crippen LogP contribution is 2.29. The van der Waals surface area contributed by atoms with Gasteiger partial charge in [0.05, 0.1) is 31.5 Å². The zero-order valence-electron chi connectivity index (χ0n) is 15.1. The van der Waals surface area contributed by atoms with E-state index in [0.717, 1.165) is 24.9 Å². The van der Waals surface area contributed by atoms with Gasteiger partial charge in [0.1, 0.15) is 11.6 Å². The zero-order valence-corrected chi connectivity index (χ0v) is 15.1. The molecule has 26 heavy (non-hydrogen) atoms. The van der Waals surface area contributed by atoms with Gasteiger partial charge in [0.2, 0.25) is 0 Å². The number of halogens is 1. The fourth-order valence-electron chi connectivity index (χ4n) is 3.38. The van der Waals surface area contributed by atoms with Crippen LogP contribution in [0.4, 0.5) is 4.39 Å². The van der Waals surface area contributed by atoms with Crippen molar-refractivity contribution in [3.8, 4) is 17.0 Å². The zero-order chi connectivity index (χ0) is 18.5. The van der Waals surface area contributed by atoms with Crippen molar-refractivity contribution in [1.82, 2.24) is 15.1 Å². The second-order valence-corrected chi connectivity index (χ2v) is 6.44. The first-order valence-corrected chi connectivity index (χ1v) is 8.87. The Hall–Kier alpha value is -2.41. The Labute approximate surface area is 152 Å². The van der Waals surface area contributed by atoms with Crippen molar-refractivity contribution >= 4 is 5.97 Å². The number of nitrogens with zero attached hydrogens (tertiary/aromatic N) is 2. The smallest absolute Gasteiger partial charge is 0.310 e. The average Bonchev–Trinajstić information content (AvgIpc) is 3.09. The van der Waals surface area contributed by atoms with E-state index in [2.05, 4.69) is 15.1 Å². The number of nitrogens with one attached hydrogen (secondary N) is 1. The molecule has 2 aromatic rings. The standard InChI is InChI=1S/C19H24FN3O3/c1-3-26-19(24)13-5-4-8-23(11-13)12-14-10-21-22-18(14)16-7-6-15(25-2)9-17(16)20/h6-7,9-10,13H,3-5,8,11-12H2,1-2H3,(H,21,22)/t13-/m1/s1. The first kappa shape index (κ1) is 18.4. The SMILES string of the molecule is CCOC(=O)[C@@H]1CCCN(Cc2cn[nH]c2-c2ccc(OC)cc2F)C1. The maximum absolute atomic E-state index is 14.4. The fraction of sp³-hybridized carbons (Fsp3) is 0.474. The molecule has 0 spiro atoms. The summed E-state index contributed by atoms with van der Waals surface area (Å²) in [7, 11) is 1.51. The van der Waals surface area contributed by atoms with Gasteiger partial charge in [-0.05, 0) is 38.4 Å². The summed E-state index contributed by atoms with van der Waals surface area (Å²) in [6.45, 7) is 4.37. The highest BCUT2D eigenvalue weighted by Gasteiger charge is 2.27. The lowest BCUT2D eigenvalue weighted by molar-refractivity contribution is -0.150. The van der Waals surface area contributed by atoms with Gasteiger partial charge in [-0.2, -0.15) is 5.10 Å². The number of carbonyl (C=O) groups is 1. The number of aromatic nitrogens is 2. The molecule has 0 aliphatic carbocycles. The molecule has 1 aliphatic rings. The number of hydrogen-bond acceptors (Lipinski definition) is 5. The van der Waals surface area contributed by atoms with Crippen LogP contribution in [0.25, 0.3) is 11.3 Å². The summed E-state index contributed by atoms with van der Waals surface area (Å²) in [5.74, 6) is -0.124. The molecule has 0 bridgehead atoms. The monoisotopic (exact) mass is 361 g/mol. The van der Waals surface area contributed by atoms with E-state index in [9.17, 15) is 9.18 Å². The maximum atomic E-state index is 14.4.